The van der Waals surface area contributed by atoms with Crippen LogP contribution in [-0.2, 0) is 10.8 Å². The van der Waals surface area contributed by atoms with E-state index in [9.17, 15) is 0 Å². The average molecular weight is 784 g/mol. The Balaban J connectivity index is 1.25. The third kappa shape index (κ3) is 5.77. The van der Waals surface area contributed by atoms with Gasteiger partial charge in [0.1, 0.15) is 0 Å². The van der Waals surface area contributed by atoms with Gasteiger partial charge in [-0.05, 0) is 152 Å². The van der Waals surface area contributed by atoms with Gasteiger partial charge in [0.25, 0.3) is 0 Å². The van der Waals surface area contributed by atoms with Crippen LogP contribution >= 0.6 is 0 Å². The van der Waals surface area contributed by atoms with Gasteiger partial charge in [-0.3, -0.25) is 0 Å². The van der Waals surface area contributed by atoms with Gasteiger partial charge in [-0.1, -0.05) is 161 Å². The average Bonchev–Trinajstić information content (AvgIpc) is 3.65. The van der Waals surface area contributed by atoms with Crippen LogP contribution in [-0.4, -0.2) is 0 Å². The second kappa shape index (κ2) is 13.8. The zero-order valence-corrected chi connectivity index (χ0v) is 35.9. The first-order valence-electron chi connectivity index (χ1n) is 21.8. The topological polar surface area (TPSA) is 3.24 Å². The zero-order valence-electron chi connectivity index (χ0n) is 35.9. The van der Waals surface area contributed by atoms with E-state index in [0.29, 0.717) is 0 Å². The number of rotatable bonds is 6. The Bertz CT molecular complexity index is 3060. The monoisotopic (exact) mass is 783 g/mol. The first kappa shape index (κ1) is 37.1. The normalized spacial score (nSPS) is 15.2. The van der Waals surface area contributed by atoms with Crippen molar-refractivity contribution < 1.29 is 0 Å². The molecule has 3 aliphatic carbocycles. The van der Waals surface area contributed by atoms with Crippen molar-refractivity contribution in [1.29, 1.82) is 0 Å². The molecular formula is C60H49N. The Morgan fingerprint density at radius 2 is 1.15 bits per heavy atom. The van der Waals surface area contributed by atoms with Crippen molar-refractivity contribution >= 4 is 33.4 Å². The van der Waals surface area contributed by atoms with Crippen LogP contribution in [0.3, 0.4) is 0 Å². The van der Waals surface area contributed by atoms with Gasteiger partial charge in [0.2, 0.25) is 0 Å². The van der Waals surface area contributed by atoms with Crippen molar-refractivity contribution in [2.24, 2.45) is 0 Å². The van der Waals surface area contributed by atoms with Crippen molar-refractivity contribution in [3.63, 3.8) is 0 Å². The van der Waals surface area contributed by atoms with E-state index in [1.165, 1.54) is 99.9 Å². The summed E-state index contributed by atoms with van der Waals surface area (Å²) in [5, 5.41) is 2.49. The highest BCUT2D eigenvalue weighted by Gasteiger charge is 2.38. The Morgan fingerprint density at radius 3 is 1.93 bits per heavy atom. The van der Waals surface area contributed by atoms with Crippen molar-refractivity contribution in [3.8, 4) is 44.5 Å². The van der Waals surface area contributed by atoms with Crippen molar-refractivity contribution in [1.82, 2.24) is 0 Å². The first-order chi connectivity index (χ1) is 29.6. The summed E-state index contributed by atoms with van der Waals surface area (Å²) in [5.41, 5.74) is 23.4. The van der Waals surface area contributed by atoms with E-state index < -0.39 is 0 Å². The summed E-state index contributed by atoms with van der Waals surface area (Å²) >= 11 is 0. The largest absolute Gasteiger partial charge is 0.302 e. The fourth-order valence-corrected chi connectivity index (χ4v) is 10.7. The number of aryl methyl sites for hydroxylation is 1. The second-order valence-electron chi connectivity index (χ2n) is 18.4. The molecule has 0 amide bonds. The lowest BCUT2D eigenvalue weighted by Gasteiger charge is -2.33. The summed E-state index contributed by atoms with van der Waals surface area (Å²) in [6.45, 7) is 14.0. The standard InChI is InChI=1S/C60H49N/c1-38-17-7-11-21-46(38)52-34-43(42-28-27-40-19-9-10-20-41(40)33-42)35-53(47-22-12-8-18-39(47)2)58(52)61(44-29-31-50-48-23-13-15-25-54(48)59(3,4)56(50)36-44)45-30-32-51-49-24-14-16-26-55(49)60(5,6)57(51)37-45/h7-11,13-21,23-29,31,33-37H,12,22H2,1-6H3. The first-order valence-corrected chi connectivity index (χ1v) is 21.8. The molecule has 0 atom stereocenters. The van der Waals surface area contributed by atoms with Crippen LogP contribution in [0.5, 0.6) is 0 Å². The van der Waals surface area contributed by atoms with E-state index in [1.54, 1.807) is 0 Å². The molecule has 294 valence electrons. The summed E-state index contributed by atoms with van der Waals surface area (Å²) in [4.78, 5) is 2.54. The fourth-order valence-electron chi connectivity index (χ4n) is 10.7. The van der Waals surface area contributed by atoms with Crippen molar-refractivity contribution in [2.75, 3.05) is 4.90 Å². The Labute approximate surface area is 361 Å². The van der Waals surface area contributed by atoms with Crippen LogP contribution in [0.25, 0.3) is 60.9 Å². The SMILES string of the molecule is CC1=C(c2cc(-c3ccc4ccccc4c3)cc(-c3ccccc3C)c2N(c2c#cc3c(c2)C(C)(C)c2ccccc2-3)c2ccc3c(c2)C(C)(C)c2ccccc2-3)CCC=C1. The maximum atomic E-state index is 3.82. The van der Waals surface area contributed by atoms with Crippen LogP contribution < -0.4 is 4.90 Å². The van der Waals surface area contributed by atoms with Crippen LogP contribution in [0.15, 0.2) is 169 Å². The van der Waals surface area contributed by atoms with Gasteiger partial charge in [-0.15, -0.1) is 0 Å². The van der Waals surface area contributed by atoms with Gasteiger partial charge < -0.3 is 4.90 Å². The number of benzene rings is 7. The molecule has 1 heteroatoms. The highest BCUT2D eigenvalue weighted by Crippen LogP contribution is 2.55. The summed E-state index contributed by atoms with van der Waals surface area (Å²) in [7, 11) is 0. The Hall–Kier alpha value is -6.88. The molecule has 11 rings (SSSR count). The van der Waals surface area contributed by atoms with Crippen LogP contribution in [0, 0.1) is 19.1 Å². The molecular weight excluding hydrogens is 735 g/mol. The Kier molecular flexibility index (Phi) is 8.43. The minimum atomic E-state index is -0.200. The maximum absolute atomic E-state index is 3.82. The summed E-state index contributed by atoms with van der Waals surface area (Å²) in [5.74, 6) is 0. The van der Waals surface area contributed by atoms with E-state index >= 15 is 0 Å². The molecule has 0 bridgehead atoms. The smallest absolute Gasteiger partial charge is 0.0977 e. The predicted molar refractivity (Wildman–Crippen MR) is 258 cm³/mol. The molecule has 61 heavy (non-hydrogen) atoms. The molecule has 0 spiro atoms. The van der Waals surface area contributed by atoms with E-state index in [2.05, 4.69) is 222 Å². The minimum Gasteiger partial charge on any atom is -0.302 e. The molecule has 8 aromatic rings. The van der Waals surface area contributed by atoms with Gasteiger partial charge in [0, 0.05) is 33.2 Å². The van der Waals surface area contributed by atoms with Crippen LogP contribution in [0.4, 0.5) is 17.1 Å². The molecule has 0 aliphatic heterocycles. The van der Waals surface area contributed by atoms with Crippen LogP contribution in [0.2, 0.25) is 0 Å². The number of hydrogen-bond donors (Lipinski definition) is 0. The number of nitrogens with zero attached hydrogens (tertiary/aromatic N) is 1. The van der Waals surface area contributed by atoms with Gasteiger partial charge in [0.15, 0.2) is 0 Å². The molecule has 0 aromatic heterocycles. The van der Waals surface area contributed by atoms with E-state index in [4.69, 9.17) is 0 Å². The number of hydrogen-bond acceptors (Lipinski definition) is 1. The quantitative estimate of drug-likeness (QED) is 0.162. The minimum absolute atomic E-state index is 0.167. The molecule has 0 saturated carbocycles. The molecule has 0 radical (unpaired) electrons. The molecule has 8 aromatic carbocycles. The third-order valence-corrected chi connectivity index (χ3v) is 14.1. The molecule has 3 aliphatic rings. The van der Waals surface area contributed by atoms with E-state index in [1.807, 2.05) is 0 Å². The lowest BCUT2D eigenvalue weighted by atomic mass is 9.81. The second-order valence-corrected chi connectivity index (χ2v) is 18.4. The Morgan fingerprint density at radius 1 is 0.492 bits per heavy atom. The molecule has 0 heterocycles. The molecule has 0 saturated heterocycles. The third-order valence-electron chi connectivity index (χ3n) is 14.1. The molecule has 0 unspecified atom stereocenters. The number of allylic oxidation sites excluding steroid dienone is 4. The van der Waals surface area contributed by atoms with Gasteiger partial charge in [-0.25, -0.2) is 0 Å². The summed E-state index contributed by atoms with van der Waals surface area (Å²) in [6.07, 6.45) is 6.62. The lowest BCUT2D eigenvalue weighted by molar-refractivity contribution is 0.660. The predicted octanol–water partition coefficient (Wildman–Crippen LogP) is 16.3. The number of fused-ring (bicyclic) bond motifs is 7. The zero-order chi connectivity index (χ0) is 41.6. The summed E-state index contributed by atoms with van der Waals surface area (Å²) in [6, 6.07) is 64.5. The molecule has 0 fully saturated rings. The van der Waals surface area contributed by atoms with Crippen molar-refractivity contribution in [3.05, 3.63) is 215 Å². The highest BCUT2D eigenvalue weighted by molar-refractivity contribution is 6.01. The van der Waals surface area contributed by atoms with Crippen molar-refractivity contribution in [2.45, 2.75) is 65.2 Å². The molecule has 1 nitrogen and oxygen atoms in total. The van der Waals surface area contributed by atoms with E-state index in [-0.39, 0.29) is 10.8 Å². The van der Waals surface area contributed by atoms with E-state index in [0.717, 1.165) is 29.8 Å². The summed E-state index contributed by atoms with van der Waals surface area (Å²) < 4.78 is 0. The molecule has 0 N–H and O–H groups in total. The van der Waals surface area contributed by atoms with Crippen LogP contribution in [0.1, 0.15) is 80.8 Å². The highest BCUT2D eigenvalue weighted by atomic mass is 15.1. The van der Waals surface area contributed by atoms with Gasteiger partial charge >= 0.3 is 0 Å². The van der Waals surface area contributed by atoms with Gasteiger partial charge in [-0.2, -0.15) is 0 Å². The van der Waals surface area contributed by atoms with Gasteiger partial charge in [0.05, 0.1) is 11.4 Å². The maximum Gasteiger partial charge on any atom is 0.0977 e. The lowest BCUT2D eigenvalue weighted by Crippen LogP contribution is -2.19. The number of anilines is 3. The fraction of sp³-hybridized carbons (Fsp3) is 0.167.